The van der Waals surface area contributed by atoms with Gasteiger partial charge < -0.3 is 5.11 Å². The number of hydrogen-bond donors (Lipinski definition) is 1. The van der Waals surface area contributed by atoms with Gasteiger partial charge in [-0.2, -0.15) is 0 Å². The molecule has 0 amide bonds. The van der Waals surface area contributed by atoms with Gasteiger partial charge in [0.05, 0.1) is 5.60 Å². The summed E-state index contributed by atoms with van der Waals surface area (Å²) in [5, 5.41) is 10.4. The molecule has 0 aromatic rings. The largest absolute Gasteiger partial charge is 0.389 e. The molecular weight excluding hydrogens is 174 g/mol. The molecule has 1 aliphatic carbocycles. The molecule has 0 aromatic carbocycles. The second-order valence-electron chi connectivity index (χ2n) is 5.73. The Balaban J connectivity index is 1.82. The van der Waals surface area contributed by atoms with Gasteiger partial charge in [-0.05, 0) is 24.7 Å². The summed E-state index contributed by atoms with van der Waals surface area (Å²) in [7, 11) is 0. The molecule has 0 bridgehead atoms. The molecule has 2 fully saturated rings. The van der Waals surface area contributed by atoms with Crippen molar-refractivity contribution in [2.75, 3.05) is 19.6 Å². The van der Waals surface area contributed by atoms with E-state index < -0.39 is 0 Å². The third kappa shape index (κ3) is 2.29. The third-order valence-corrected chi connectivity index (χ3v) is 3.73. The van der Waals surface area contributed by atoms with Gasteiger partial charge in [-0.3, -0.25) is 4.90 Å². The number of nitrogens with zero attached hydrogens (tertiary/aromatic N) is 1. The first-order valence-corrected chi connectivity index (χ1v) is 6.02. The minimum absolute atomic E-state index is 0.363. The summed E-state index contributed by atoms with van der Waals surface area (Å²) in [4.78, 5) is 2.41. The maximum absolute atomic E-state index is 10.4. The Bertz CT molecular complexity index is 200. The predicted octanol–water partition coefficient (Wildman–Crippen LogP) is 1.88. The van der Waals surface area contributed by atoms with Crippen LogP contribution < -0.4 is 0 Å². The van der Waals surface area contributed by atoms with Gasteiger partial charge in [-0.15, -0.1) is 0 Å². The highest BCUT2D eigenvalue weighted by molar-refractivity contribution is 4.90. The van der Waals surface area contributed by atoms with Crippen LogP contribution in [-0.4, -0.2) is 35.2 Å². The molecule has 0 radical (unpaired) electrons. The standard InChI is InChI=1S/C12H23NO/c1-10-4-3-5-12(14,6-10)9-13-7-11(2)8-13/h10-11,14H,3-9H2,1-2H3. The van der Waals surface area contributed by atoms with Crippen LogP contribution in [-0.2, 0) is 0 Å². The van der Waals surface area contributed by atoms with Gasteiger partial charge in [-0.1, -0.05) is 26.7 Å². The summed E-state index contributed by atoms with van der Waals surface area (Å²) in [6, 6.07) is 0. The van der Waals surface area contributed by atoms with Gasteiger partial charge in [0, 0.05) is 19.6 Å². The molecule has 2 aliphatic rings. The quantitative estimate of drug-likeness (QED) is 0.730. The maximum Gasteiger partial charge on any atom is 0.0776 e. The van der Waals surface area contributed by atoms with Crippen molar-refractivity contribution in [1.82, 2.24) is 4.90 Å². The van der Waals surface area contributed by atoms with Crippen molar-refractivity contribution in [1.29, 1.82) is 0 Å². The predicted molar refractivity (Wildman–Crippen MR) is 58.2 cm³/mol. The topological polar surface area (TPSA) is 23.5 Å². The van der Waals surface area contributed by atoms with Gasteiger partial charge in [0.25, 0.3) is 0 Å². The van der Waals surface area contributed by atoms with E-state index in [-0.39, 0.29) is 5.60 Å². The van der Waals surface area contributed by atoms with E-state index in [0.29, 0.717) is 5.92 Å². The minimum Gasteiger partial charge on any atom is -0.389 e. The Morgan fingerprint density at radius 2 is 2.00 bits per heavy atom. The summed E-state index contributed by atoms with van der Waals surface area (Å²) < 4.78 is 0. The highest BCUT2D eigenvalue weighted by atomic mass is 16.3. The highest BCUT2D eigenvalue weighted by Crippen LogP contribution is 2.34. The zero-order valence-electron chi connectivity index (χ0n) is 9.50. The second kappa shape index (κ2) is 3.82. The van der Waals surface area contributed by atoms with Crippen molar-refractivity contribution in [2.24, 2.45) is 11.8 Å². The zero-order valence-corrected chi connectivity index (χ0v) is 9.50. The van der Waals surface area contributed by atoms with Crippen LogP contribution in [0.4, 0.5) is 0 Å². The maximum atomic E-state index is 10.4. The van der Waals surface area contributed by atoms with Crippen LogP contribution in [0.5, 0.6) is 0 Å². The van der Waals surface area contributed by atoms with E-state index in [4.69, 9.17) is 0 Å². The molecule has 0 spiro atoms. The molecule has 2 unspecified atom stereocenters. The summed E-state index contributed by atoms with van der Waals surface area (Å²) in [6.07, 6.45) is 4.54. The average Bonchev–Trinajstić information content (AvgIpc) is 2.00. The lowest BCUT2D eigenvalue weighted by Crippen LogP contribution is -2.54. The molecule has 1 saturated carbocycles. The fourth-order valence-corrected chi connectivity index (χ4v) is 3.15. The van der Waals surface area contributed by atoms with Crippen LogP contribution in [0, 0.1) is 11.8 Å². The normalized spacial score (nSPS) is 40.9. The molecule has 1 saturated heterocycles. The SMILES string of the molecule is CC1CN(CC2(O)CCCC(C)C2)C1. The van der Waals surface area contributed by atoms with Crippen LogP contribution in [0.3, 0.4) is 0 Å². The average molecular weight is 197 g/mol. The van der Waals surface area contributed by atoms with E-state index in [2.05, 4.69) is 18.7 Å². The van der Waals surface area contributed by atoms with E-state index in [0.717, 1.165) is 25.3 Å². The van der Waals surface area contributed by atoms with E-state index in [1.165, 1.54) is 25.9 Å². The summed E-state index contributed by atoms with van der Waals surface area (Å²) in [5.74, 6) is 1.56. The molecule has 2 atom stereocenters. The Labute approximate surface area is 87.3 Å². The summed E-state index contributed by atoms with van der Waals surface area (Å²) >= 11 is 0. The first-order chi connectivity index (χ1) is 6.57. The van der Waals surface area contributed by atoms with Crippen molar-refractivity contribution in [3.8, 4) is 0 Å². The highest BCUT2D eigenvalue weighted by Gasteiger charge is 2.36. The molecule has 14 heavy (non-hydrogen) atoms. The molecule has 2 heteroatoms. The first kappa shape index (κ1) is 10.4. The van der Waals surface area contributed by atoms with Crippen LogP contribution >= 0.6 is 0 Å². The van der Waals surface area contributed by atoms with Gasteiger partial charge in [0.15, 0.2) is 0 Å². The Kier molecular flexibility index (Phi) is 2.85. The van der Waals surface area contributed by atoms with Crippen molar-refractivity contribution in [2.45, 2.75) is 45.1 Å². The molecular formula is C12H23NO. The Morgan fingerprint density at radius 3 is 2.57 bits per heavy atom. The molecule has 1 heterocycles. The van der Waals surface area contributed by atoms with Crippen LogP contribution in [0.1, 0.15) is 39.5 Å². The van der Waals surface area contributed by atoms with E-state index >= 15 is 0 Å². The van der Waals surface area contributed by atoms with Gasteiger partial charge >= 0.3 is 0 Å². The molecule has 1 aliphatic heterocycles. The van der Waals surface area contributed by atoms with Crippen LogP contribution in [0.15, 0.2) is 0 Å². The molecule has 2 nitrogen and oxygen atoms in total. The van der Waals surface area contributed by atoms with Crippen LogP contribution in [0.25, 0.3) is 0 Å². The number of rotatable bonds is 2. The van der Waals surface area contributed by atoms with Crippen molar-refractivity contribution in [3.05, 3.63) is 0 Å². The summed E-state index contributed by atoms with van der Waals surface area (Å²) in [5.41, 5.74) is -0.363. The smallest absolute Gasteiger partial charge is 0.0776 e. The van der Waals surface area contributed by atoms with Gasteiger partial charge in [0.2, 0.25) is 0 Å². The number of hydrogen-bond acceptors (Lipinski definition) is 2. The van der Waals surface area contributed by atoms with Crippen LogP contribution in [0.2, 0.25) is 0 Å². The zero-order chi connectivity index (χ0) is 10.2. The van der Waals surface area contributed by atoms with Gasteiger partial charge in [-0.25, -0.2) is 0 Å². The van der Waals surface area contributed by atoms with Gasteiger partial charge in [0.1, 0.15) is 0 Å². The second-order valence-corrected chi connectivity index (χ2v) is 5.73. The molecule has 1 N–H and O–H groups in total. The first-order valence-electron chi connectivity index (χ1n) is 6.02. The molecule has 0 aromatic heterocycles. The van der Waals surface area contributed by atoms with E-state index in [1.54, 1.807) is 0 Å². The summed E-state index contributed by atoms with van der Waals surface area (Å²) in [6.45, 7) is 7.85. The number of β-amino-alcohol motifs (C(OH)–C–C–N with tert-alkyl or cyclic N) is 1. The van der Waals surface area contributed by atoms with Crippen molar-refractivity contribution < 1.29 is 5.11 Å². The fraction of sp³-hybridized carbons (Fsp3) is 1.00. The number of aliphatic hydroxyl groups is 1. The third-order valence-electron chi connectivity index (χ3n) is 3.73. The van der Waals surface area contributed by atoms with Crippen molar-refractivity contribution in [3.63, 3.8) is 0 Å². The number of likely N-dealkylation sites (tertiary alicyclic amines) is 1. The Hall–Kier alpha value is -0.0800. The lowest BCUT2D eigenvalue weighted by molar-refractivity contribution is -0.0615. The monoisotopic (exact) mass is 197 g/mol. The van der Waals surface area contributed by atoms with E-state index in [9.17, 15) is 5.11 Å². The Morgan fingerprint density at radius 1 is 1.29 bits per heavy atom. The molecule has 2 rings (SSSR count). The lowest BCUT2D eigenvalue weighted by Gasteiger charge is -2.45. The minimum atomic E-state index is -0.363. The molecule has 82 valence electrons. The van der Waals surface area contributed by atoms with E-state index in [1.807, 2.05) is 0 Å². The van der Waals surface area contributed by atoms with Crippen molar-refractivity contribution >= 4 is 0 Å². The lowest BCUT2D eigenvalue weighted by atomic mass is 9.78. The fourth-order valence-electron chi connectivity index (χ4n) is 3.15.